The van der Waals surface area contributed by atoms with E-state index in [1.807, 2.05) is 6.07 Å². The molecular weight excluding hydrogens is 278 g/mol. The van der Waals surface area contributed by atoms with Gasteiger partial charge in [0.1, 0.15) is 0 Å². The molecule has 0 heterocycles. The summed E-state index contributed by atoms with van der Waals surface area (Å²) in [5.74, 6) is 1.95. The molecule has 4 nitrogen and oxygen atoms in total. The molecule has 0 saturated heterocycles. The summed E-state index contributed by atoms with van der Waals surface area (Å²) in [7, 11) is 5.45. The quantitative estimate of drug-likeness (QED) is 0.877. The summed E-state index contributed by atoms with van der Waals surface area (Å²) in [5, 5.41) is 10.1. The van der Waals surface area contributed by atoms with Crippen LogP contribution in [0.5, 0.6) is 11.5 Å². The zero-order valence-corrected chi connectivity index (χ0v) is 14.3. The minimum absolute atomic E-state index is 0.136. The summed E-state index contributed by atoms with van der Waals surface area (Å²) in [4.78, 5) is 2.30. The lowest BCUT2D eigenvalue weighted by molar-refractivity contribution is 0.0501. The highest BCUT2D eigenvalue weighted by atomic mass is 16.5. The van der Waals surface area contributed by atoms with E-state index >= 15 is 0 Å². The van der Waals surface area contributed by atoms with Crippen LogP contribution in [0.1, 0.15) is 36.8 Å². The topological polar surface area (TPSA) is 41.9 Å². The Morgan fingerprint density at radius 2 is 1.77 bits per heavy atom. The van der Waals surface area contributed by atoms with Crippen LogP contribution >= 0.6 is 0 Å². The zero-order chi connectivity index (χ0) is 16.1. The molecule has 1 aromatic carbocycles. The largest absolute Gasteiger partial charge is 0.493 e. The van der Waals surface area contributed by atoms with Crippen molar-refractivity contribution in [1.82, 2.24) is 4.90 Å². The van der Waals surface area contributed by atoms with Gasteiger partial charge in [-0.05, 0) is 56.0 Å². The van der Waals surface area contributed by atoms with E-state index in [-0.39, 0.29) is 6.10 Å². The monoisotopic (exact) mass is 307 g/mol. The van der Waals surface area contributed by atoms with Crippen molar-refractivity contribution in [2.45, 2.75) is 45.3 Å². The Hall–Kier alpha value is -1.26. The van der Waals surface area contributed by atoms with Crippen molar-refractivity contribution in [3.63, 3.8) is 0 Å². The summed E-state index contributed by atoms with van der Waals surface area (Å²) >= 11 is 0. The van der Waals surface area contributed by atoms with Crippen LogP contribution in [-0.4, -0.2) is 43.9 Å². The first-order valence-corrected chi connectivity index (χ1v) is 8.13. The molecule has 1 aliphatic rings. The average molecular weight is 307 g/mol. The minimum atomic E-state index is -0.136. The van der Waals surface area contributed by atoms with E-state index in [9.17, 15) is 5.11 Å². The van der Waals surface area contributed by atoms with Gasteiger partial charge in [0, 0.05) is 13.1 Å². The fraction of sp³-hybridized carbons (Fsp3) is 0.667. The number of rotatable bonds is 6. The summed E-state index contributed by atoms with van der Waals surface area (Å²) in [5.41, 5.74) is 2.44. The van der Waals surface area contributed by atoms with Gasteiger partial charge in [0.2, 0.25) is 0 Å². The van der Waals surface area contributed by atoms with Gasteiger partial charge in [-0.3, -0.25) is 0 Å². The van der Waals surface area contributed by atoms with Crippen molar-refractivity contribution >= 4 is 0 Å². The molecule has 2 rings (SSSR count). The van der Waals surface area contributed by atoms with Gasteiger partial charge in [0.15, 0.2) is 11.5 Å². The minimum Gasteiger partial charge on any atom is -0.493 e. The van der Waals surface area contributed by atoms with Gasteiger partial charge in [-0.15, -0.1) is 0 Å². The average Bonchev–Trinajstić information content (AvgIpc) is 2.51. The SMILES string of the molecule is COc1cc(C)c(CN(C)CC2CCCCC2O)cc1OC. The van der Waals surface area contributed by atoms with Crippen molar-refractivity contribution < 1.29 is 14.6 Å². The third-order valence-electron chi connectivity index (χ3n) is 4.70. The number of aliphatic hydroxyl groups excluding tert-OH is 1. The lowest BCUT2D eigenvalue weighted by Crippen LogP contribution is -2.34. The van der Waals surface area contributed by atoms with Gasteiger partial charge >= 0.3 is 0 Å². The van der Waals surface area contributed by atoms with Gasteiger partial charge in [0.25, 0.3) is 0 Å². The van der Waals surface area contributed by atoms with Crippen LogP contribution in [0.15, 0.2) is 12.1 Å². The lowest BCUT2D eigenvalue weighted by atomic mass is 9.86. The zero-order valence-electron chi connectivity index (χ0n) is 14.3. The summed E-state index contributed by atoms with van der Waals surface area (Å²) < 4.78 is 10.7. The standard InChI is InChI=1S/C18H29NO3/c1-13-9-17(21-3)18(22-4)10-15(13)12-19(2)11-14-7-5-6-8-16(14)20/h9-10,14,16,20H,5-8,11-12H2,1-4H3. The molecule has 0 aromatic heterocycles. The Bertz CT molecular complexity index is 489. The fourth-order valence-electron chi connectivity index (χ4n) is 3.35. The van der Waals surface area contributed by atoms with E-state index in [1.165, 1.54) is 17.5 Å². The van der Waals surface area contributed by atoms with Crippen LogP contribution in [-0.2, 0) is 6.54 Å². The van der Waals surface area contributed by atoms with Crippen LogP contribution in [0.4, 0.5) is 0 Å². The number of ether oxygens (including phenoxy) is 2. The van der Waals surface area contributed by atoms with Crippen LogP contribution in [0.2, 0.25) is 0 Å². The second kappa shape index (κ2) is 7.84. The molecule has 1 fully saturated rings. The number of aryl methyl sites for hydroxylation is 1. The molecule has 4 heteroatoms. The molecular formula is C18H29NO3. The maximum atomic E-state index is 10.1. The molecule has 0 bridgehead atoms. The highest BCUT2D eigenvalue weighted by Gasteiger charge is 2.24. The lowest BCUT2D eigenvalue weighted by Gasteiger charge is -2.31. The molecule has 124 valence electrons. The van der Waals surface area contributed by atoms with Crippen LogP contribution in [0.3, 0.4) is 0 Å². The molecule has 1 aliphatic carbocycles. The van der Waals surface area contributed by atoms with Crippen LogP contribution in [0, 0.1) is 12.8 Å². The van der Waals surface area contributed by atoms with E-state index in [0.717, 1.165) is 43.9 Å². The fourth-order valence-corrected chi connectivity index (χ4v) is 3.35. The van der Waals surface area contributed by atoms with Gasteiger partial charge in [-0.2, -0.15) is 0 Å². The maximum Gasteiger partial charge on any atom is 0.161 e. The van der Waals surface area contributed by atoms with Gasteiger partial charge in [-0.25, -0.2) is 0 Å². The molecule has 0 spiro atoms. The number of hydrogen-bond acceptors (Lipinski definition) is 4. The van der Waals surface area contributed by atoms with Gasteiger partial charge in [0.05, 0.1) is 20.3 Å². The molecule has 0 radical (unpaired) electrons. The van der Waals surface area contributed by atoms with Crippen LogP contribution in [0.25, 0.3) is 0 Å². The molecule has 2 unspecified atom stereocenters. The first kappa shape index (κ1) is 17.1. The number of nitrogens with zero attached hydrogens (tertiary/aromatic N) is 1. The Morgan fingerprint density at radius 1 is 1.14 bits per heavy atom. The second-order valence-electron chi connectivity index (χ2n) is 6.44. The summed E-state index contributed by atoms with van der Waals surface area (Å²) in [6, 6.07) is 4.08. The van der Waals surface area contributed by atoms with Gasteiger partial charge in [-0.1, -0.05) is 12.8 Å². The third-order valence-corrected chi connectivity index (χ3v) is 4.70. The predicted molar refractivity (Wildman–Crippen MR) is 88.6 cm³/mol. The molecule has 1 aromatic rings. The first-order valence-electron chi connectivity index (χ1n) is 8.13. The van der Waals surface area contributed by atoms with E-state index in [0.29, 0.717) is 5.92 Å². The molecule has 2 atom stereocenters. The van der Waals surface area contributed by atoms with E-state index in [1.54, 1.807) is 14.2 Å². The second-order valence-corrected chi connectivity index (χ2v) is 6.44. The predicted octanol–water partition coefficient (Wildman–Crippen LogP) is 3.00. The molecule has 1 N–H and O–H groups in total. The van der Waals surface area contributed by atoms with E-state index < -0.39 is 0 Å². The van der Waals surface area contributed by atoms with Crippen molar-refractivity contribution in [1.29, 1.82) is 0 Å². The van der Waals surface area contributed by atoms with Crippen molar-refractivity contribution in [2.24, 2.45) is 5.92 Å². The highest BCUT2D eigenvalue weighted by Crippen LogP contribution is 2.31. The normalized spacial score (nSPS) is 21.9. The third kappa shape index (κ3) is 4.14. The Balaban J connectivity index is 2.03. The number of aliphatic hydroxyl groups is 1. The maximum absolute atomic E-state index is 10.1. The first-order chi connectivity index (χ1) is 10.5. The number of benzene rings is 1. The van der Waals surface area contributed by atoms with E-state index in [2.05, 4.69) is 24.9 Å². The van der Waals surface area contributed by atoms with Crippen LogP contribution < -0.4 is 9.47 Å². The van der Waals surface area contributed by atoms with Crippen molar-refractivity contribution in [3.05, 3.63) is 23.3 Å². The highest BCUT2D eigenvalue weighted by molar-refractivity contribution is 5.47. The van der Waals surface area contributed by atoms with Crippen molar-refractivity contribution in [2.75, 3.05) is 27.8 Å². The van der Waals surface area contributed by atoms with E-state index in [4.69, 9.17) is 9.47 Å². The van der Waals surface area contributed by atoms with Gasteiger partial charge < -0.3 is 19.5 Å². The molecule has 0 amide bonds. The van der Waals surface area contributed by atoms with Crippen molar-refractivity contribution in [3.8, 4) is 11.5 Å². The number of hydrogen-bond donors (Lipinski definition) is 1. The smallest absolute Gasteiger partial charge is 0.161 e. The summed E-state index contributed by atoms with van der Waals surface area (Å²) in [6.45, 7) is 3.89. The number of methoxy groups -OCH3 is 2. The Kier molecular flexibility index (Phi) is 6.09. The summed E-state index contributed by atoms with van der Waals surface area (Å²) in [6.07, 6.45) is 4.36. The Morgan fingerprint density at radius 3 is 2.41 bits per heavy atom. The molecule has 1 saturated carbocycles. The molecule has 0 aliphatic heterocycles. The Labute approximate surface area is 134 Å². The molecule has 22 heavy (non-hydrogen) atoms.